The molecule has 0 aromatic heterocycles. The second-order valence-electron chi connectivity index (χ2n) is 5.48. The van der Waals surface area contributed by atoms with E-state index in [1.807, 2.05) is 0 Å². The average molecular weight is 347 g/mol. The minimum Gasteiger partial charge on any atom is -0.480 e. The molecular weight excluding hydrogens is 328 g/mol. The molecule has 0 spiro atoms. The number of aliphatic carboxylic acids is 1. The van der Waals surface area contributed by atoms with Crippen molar-refractivity contribution >= 4 is 27.6 Å². The van der Waals surface area contributed by atoms with Gasteiger partial charge in [0.1, 0.15) is 0 Å². The topological polar surface area (TPSA) is 86.7 Å². The Labute approximate surface area is 135 Å². The normalized spacial score (nSPS) is 17.5. The van der Waals surface area contributed by atoms with Gasteiger partial charge in [0.15, 0.2) is 0 Å². The van der Waals surface area contributed by atoms with Crippen LogP contribution < -0.4 is 4.72 Å². The Balaban J connectivity index is 2.02. The van der Waals surface area contributed by atoms with E-state index in [4.69, 9.17) is 16.7 Å². The van der Waals surface area contributed by atoms with E-state index in [-0.39, 0.29) is 17.5 Å². The number of carboxylic acids is 1. The van der Waals surface area contributed by atoms with Crippen LogP contribution in [0.25, 0.3) is 0 Å². The molecule has 0 aliphatic carbocycles. The van der Waals surface area contributed by atoms with Crippen molar-refractivity contribution < 1.29 is 18.3 Å². The molecule has 1 aliphatic rings. The number of piperidine rings is 1. The van der Waals surface area contributed by atoms with Gasteiger partial charge in [0, 0.05) is 24.2 Å². The SMILES string of the molecule is Cc1ccc(Cl)cc1S(=O)(=O)NC1CCN(CC(=O)O)CC1. The molecule has 22 heavy (non-hydrogen) atoms. The summed E-state index contributed by atoms with van der Waals surface area (Å²) in [5.74, 6) is -0.867. The Morgan fingerprint density at radius 3 is 2.64 bits per heavy atom. The second kappa shape index (κ2) is 6.95. The number of rotatable bonds is 5. The molecular formula is C14H19ClN2O4S. The minimum atomic E-state index is -3.62. The van der Waals surface area contributed by atoms with Crippen molar-refractivity contribution in [2.75, 3.05) is 19.6 Å². The molecule has 1 saturated heterocycles. The molecule has 1 heterocycles. The highest BCUT2D eigenvalue weighted by Gasteiger charge is 2.26. The van der Waals surface area contributed by atoms with E-state index in [0.717, 1.165) is 0 Å². The maximum Gasteiger partial charge on any atom is 0.317 e. The van der Waals surface area contributed by atoms with Crippen molar-refractivity contribution in [3.8, 4) is 0 Å². The monoisotopic (exact) mass is 346 g/mol. The van der Waals surface area contributed by atoms with Gasteiger partial charge in [0.05, 0.1) is 11.4 Å². The van der Waals surface area contributed by atoms with Crippen LogP contribution in [0.15, 0.2) is 23.1 Å². The molecule has 1 aromatic carbocycles. The summed E-state index contributed by atoms with van der Waals surface area (Å²) >= 11 is 5.88. The number of nitrogens with one attached hydrogen (secondary N) is 1. The third-order valence-corrected chi connectivity index (χ3v) is 5.61. The van der Waals surface area contributed by atoms with E-state index >= 15 is 0 Å². The molecule has 2 N–H and O–H groups in total. The lowest BCUT2D eigenvalue weighted by atomic mass is 10.1. The van der Waals surface area contributed by atoms with E-state index in [1.165, 1.54) is 6.07 Å². The molecule has 0 bridgehead atoms. The summed E-state index contributed by atoms with van der Waals surface area (Å²) in [4.78, 5) is 12.7. The van der Waals surface area contributed by atoms with Crippen LogP contribution >= 0.6 is 11.6 Å². The fourth-order valence-electron chi connectivity index (χ4n) is 2.55. The highest BCUT2D eigenvalue weighted by atomic mass is 35.5. The average Bonchev–Trinajstić information content (AvgIpc) is 2.43. The molecule has 0 amide bonds. The van der Waals surface area contributed by atoms with Crippen LogP contribution in [0.1, 0.15) is 18.4 Å². The second-order valence-corrected chi connectivity index (χ2v) is 7.59. The van der Waals surface area contributed by atoms with Crippen molar-refractivity contribution in [2.24, 2.45) is 0 Å². The van der Waals surface area contributed by atoms with Crippen LogP contribution in [-0.4, -0.2) is 50.1 Å². The summed E-state index contributed by atoms with van der Waals surface area (Å²) in [6.45, 7) is 2.84. The lowest BCUT2D eigenvalue weighted by Gasteiger charge is -2.31. The Bertz CT molecular complexity index is 655. The third kappa shape index (κ3) is 4.42. The zero-order valence-corrected chi connectivity index (χ0v) is 13.8. The lowest BCUT2D eigenvalue weighted by Crippen LogP contribution is -2.45. The fourth-order valence-corrected chi connectivity index (χ4v) is 4.36. The summed E-state index contributed by atoms with van der Waals surface area (Å²) in [6.07, 6.45) is 1.18. The number of sulfonamides is 1. The van der Waals surface area contributed by atoms with Gasteiger partial charge in [-0.05, 0) is 37.5 Å². The largest absolute Gasteiger partial charge is 0.480 e. The number of likely N-dealkylation sites (tertiary alicyclic amines) is 1. The van der Waals surface area contributed by atoms with Gasteiger partial charge < -0.3 is 5.11 Å². The molecule has 122 valence electrons. The number of nitrogens with zero attached hydrogens (tertiary/aromatic N) is 1. The highest BCUT2D eigenvalue weighted by Crippen LogP contribution is 2.21. The van der Waals surface area contributed by atoms with Crippen molar-refractivity contribution in [2.45, 2.75) is 30.7 Å². The Hall–Kier alpha value is -1.15. The first kappa shape index (κ1) is 17.2. The number of benzene rings is 1. The van der Waals surface area contributed by atoms with E-state index in [9.17, 15) is 13.2 Å². The maximum absolute atomic E-state index is 12.5. The zero-order valence-electron chi connectivity index (χ0n) is 12.3. The highest BCUT2D eigenvalue weighted by molar-refractivity contribution is 7.89. The van der Waals surface area contributed by atoms with Crippen LogP contribution in [0.5, 0.6) is 0 Å². The first-order chi connectivity index (χ1) is 10.3. The number of hydrogen-bond donors (Lipinski definition) is 2. The van der Waals surface area contributed by atoms with Crippen molar-refractivity contribution in [1.82, 2.24) is 9.62 Å². The molecule has 8 heteroatoms. The van der Waals surface area contributed by atoms with Crippen LogP contribution in [0.3, 0.4) is 0 Å². The number of halogens is 1. The number of carboxylic acid groups (broad SMARTS) is 1. The Kier molecular flexibility index (Phi) is 5.44. The van der Waals surface area contributed by atoms with E-state index in [2.05, 4.69) is 4.72 Å². The van der Waals surface area contributed by atoms with Gasteiger partial charge in [-0.25, -0.2) is 13.1 Å². The van der Waals surface area contributed by atoms with Gasteiger partial charge in [0.25, 0.3) is 0 Å². The fraction of sp³-hybridized carbons (Fsp3) is 0.500. The number of aryl methyl sites for hydroxylation is 1. The van der Waals surface area contributed by atoms with E-state index in [1.54, 1.807) is 24.0 Å². The Morgan fingerprint density at radius 1 is 1.41 bits per heavy atom. The molecule has 1 fully saturated rings. The number of hydrogen-bond acceptors (Lipinski definition) is 4. The predicted octanol–water partition coefficient (Wildman–Crippen LogP) is 1.48. The molecule has 0 atom stereocenters. The summed E-state index contributed by atoms with van der Waals surface area (Å²) < 4.78 is 27.6. The summed E-state index contributed by atoms with van der Waals surface area (Å²) in [6, 6.07) is 4.58. The van der Waals surface area contributed by atoms with Crippen molar-refractivity contribution in [3.05, 3.63) is 28.8 Å². The van der Waals surface area contributed by atoms with E-state index in [0.29, 0.717) is 36.5 Å². The maximum atomic E-state index is 12.5. The van der Waals surface area contributed by atoms with Gasteiger partial charge in [-0.2, -0.15) is 0 Å². The van der Waals surface area contributed by atoms with Crippen molar-refractivity contribution in [1.29, 1.82) is 0 Å². The standard InChI is InChI=1S/C14H19ClN2O4S/c1-10-2-3-11(15)8-13(10)22(20,21)16-12-4-6-17(7-5-12)9-14(18)19/h2-3,8,12,16H,4-7,9H2,1H3,(H,18,19). The van der Waals surface area contributed by atoms with Crippen LogP contribution in [-0.2, 0) is 14.8 Å². The van der Waals surface area contributed by atoms with Gasteiger partial charge >= 0.3 is 5.97 Å². The molecule has 0 unspecified atom stereocenters. The third-order valence-electron chi connectivity index (χ3n) is 3.71. The number of carbonyl (C=O) groups is 1. The molecule has 1 aliphatic heterocycles. The van der Waals surface area contributed by atoms with Crippen LogP contribution in [0.4, 0.5) is 0 Å². The Morgan fingerprint density at radius 2 is 2.05 bits per heavy atom. The predicted molar refractivity (Wildman–Crippen MR) is 83.6 cm³/mol. The van der Waals surface area contributed by atoms with Crippen LogP contribution in [0, 0.1) is 6.92 Å². The lowest BCUT2D eigenvalue weighted by molar-refractivity contribution is -0.138. The molecule has 6 nitrogen and oxygen atoms in total. The van der Waals surface area contributed by atoms with Crippen LogP contribution in [0.2, 0.25) is 5.02 Å². The van der Waals surface area contributed by atoms with Gasteiger partial charge in [-0.1, -0.05) is 17.7 Å². The van der Waals surface area contributed by atoms with Gasteiger partial charge in [-0.15, -0.1) is 0 Å². The molecule has 0 radical (unpaired) electrons. The molecule has 2 rings (SSSR count). The van der Waals surface area contributed by atoms with Gasteiger partial charge in [-0.3, -0.25) is 9.69 Å². The summed E-state index contributed by atoms with van der Waals surface area (Å²) in [5, 5.41) is 9.13. The first-order valence-electron chi connectivity index (χ1n) is 7.00. The molecule has 0 saturated carbocycles. The summed E-state index contributed by atoms with van der Waals surface area (Å²) in [5.41, 5.74) is 0.639. The van der Waals surface area contributed by atoms with Gasteiger partial charge in [0.2, 0.25) is 10.0 Å². The first-order valence-corrected chi connectivity index (χ1v) is 8.86. The zero-order chi connectivity index (χ0) is 16.3. The summed E-state index contributed by atoms with van der Waals surface area (Å²) in [7, 11) is -3.62. The minimum absolute atomic E-state index is 0.00707. The smallest absolute Gasteiger partial charge is 0.317 e. The van der Waals surface area contributed by atoms with E-state index < -0.39 is 16.0 Å². The molecule has 1 aromatic rings. The quantitative estimate of drug-likeness (QED) is 0.843. The van der Waals surface area contributed by atoms with Crippen molar-refractivity contribution in [3.63, 3.8) is 0 Å².